The van der Waals surface area contributed by atoms with Crippen molar-refractivity contribution < 1.29 is 24.5 Å². The van der Waals surface area contributed by atoms with Crippen LogP contribution in [0.15, 0.2) is 0 Å². The van der Waals surface area contributed by atoms with Gasteiger partial charge in [-0.25, -0.2) is 4.79 Å². The van der Waals surface area contributed by atoms with Crippen molar-refractivity contribution in [3.63, 3.8) is 0 Å². The number of carboxylic acids is 1. The summed E-state index contributed by atoms with van der Waals surface area (Å²) >= 11 is 0. The summed E-state index contributed by atoms with van der Waals surface area (Å²) in [5, 5.41) is 19.5. The molecular weight excluding hydrogens is 202 g/mol. The lowest BCUT2D eigenvalue weighted by Crippen LogP contribution is -2.37. The maximum atomic E-state index is 11.2. The molecular formula is C9H17NO5. The largest absolute Gasteiger partial charge is 0.480 e. The zero-order valence-electron chi connectivity index (χ0n) is 8.73. The summed E-state index contributed by atoms with van der Waals surface area (Å²) in [6.45, 7) is 1.14. The monoisotopic (exact) mass is 219 g/mol. The predicted octanol–water partition coefficient (Wildman–Crippen LogP) is -0.635. The van der Waals surface area contributed by atoms with Gasteiger partial charge in [0.15, 0.2) is 0 Å². The molecule has 1 unspecified atom stereocenters. The number of amides is 1. The van der Waals surface area contributed by atoms with Crippen LogP contribution in [0, 0.1) is 0 Å². The second kappa shape index (κ2) is 8.19. The molecule has 0 aliphatic rings. The van der Waals surface area contributed by atoms with Gasteiger partial charge in [0.05, 0.1) is 0 Å². The van der Waals surface area contributed by atoms with Gasteiger partial charge in [0.1, 0.15) is 13.2 Å². The summed E-state index contributed by atoms with van der Waals surface area (Å²) < 4.78 is 4.61. The lowest BCUT2D eigenvalue weighted by molar-refractivity contribution is -0.143. The van der Waals surface area contributed by atoms with Gasteiger partial charge in [-0.3, -0.25) is 4.79 Å². The van der Waals surface area contributed by atoms with Gasteiger partial charge in [-0.05, 0) is 12.8 Å². The minimum atomic E-state index is -1.11. The van der Waals surface area contributed by atoms with Crippen molar-refractivity contribution in [3.8, 4) is 0 Å². The smallest absolute Gasteiger partial charge is 0.329 e. The molecule has 1 amide bonds. The number of ether oxygens (including phenoxy) is 1. The minimum absolute atomic E-state index is 0.00870. The molecule has 6 nitrogen and oxygen atoms in total. The van der Waals surface area contributed by atoms with E-state index in [1.54, 1.807) is 0 Å². The van der Waals surface area contributed by atoms with E-state index >= 15 is 0 Å². The van der Waals surface area contributed by atoms with Crippen LogP contribution in [0.5, 0.6) is 0 Å². The molecule has 0 aliphatic carbocycles. The van der Waals surface area contributed by atoms with E-state index in [2.05, 4.69) is 10.1 Å². The van der Waals surface area contributed by atoms with E-state index in [9.17, 15) is 9.59 Å². The van der Waals surface area contributed by atoms with E-state index in [-0.39, 0.29) is 25.2 Å². The first kappa shape index (κ1) is 13.9. The number of nitrogens with one attached hydrogen (secondary N) is 1. The lowest BCUT2D eigenvalue weighted by atomic mass is 10.1. The number of aliphatic hydroxyl groups excluding tert-OH is 1. The van der Waals surface area contributed by atoms with Crippen molar-refractivity contribution in [2.24, 2.45) is 0 Å². The average molecular weight is 219 g/mol. The van der Waals surface area contributed by atoms with Gasteiger partial charge < -0.3 is 20.3 Å². The van der Waals surface area contributed by atoms with Gasteiger partial charge >= 0.3 is 5.97 Å². The maximum Gasteiger partial charge on any atom is 0.329 e. The van der Waals surface area contributed by atoms with Crippen molar-refractivity contribution >= 4 is 11.9 Å². The molecule has 88 valence electrons. The molecule has 3 N–H and O–H groups in total. The normalized spacial score (nSPS) is 12.1. The second-order valence-electron chi connectivity index (χ2n) is 3.07. The van der Waals surface area contributed by atoms with Gasteiger partial charge in [-0.15, -0.1) is 0 Å². The molecule has 0 aliphatic heterocycles. The van der Waals surface area contributed by atoms with Gasteiger partial charge in [0.2, 0.25) is 5.91 Å². The van der Waals surface area contributed by atoms with Crippen LogP contribution in [0.25, 0.3) is 0 Å². The number of hydrogen-bond acceptors (Lipinski definition) is 4. The quantitative estimate of drug-likeness (QED) is 0.505. The van der Waals surface area contributed by atoms with Crippen molar-refractivity contribution in [1.82, 2.24) is 5.32 Å². The Balaban J connectivity index is 3.66. The van der Waals surface area contributed by atoms with Crippen LogP contribution in [-0.4, -0.2) is 48.0 Å². The Hall–Kier alpha value is -1.14. The maximum absolute atomic E-state index is 11.2. The van der Waals surface area contributed by atoms with Crippen LogP contribution >= 0.6 is 0 Å². The molecule has 0 aromatic rings. The highest BCUT2D eigenvalue weighted by atomic mass is 16.5. The summed E-state index contributed by atoms with van der Waals surface area (Å²) in [5.41, 5.74) is 0. The molecule has 0 saturated heterocycles. The molecule has 1 atom stereocenters. The van der Waals surface area contributed by atoms with E-state index in [1.807, 2.05) is 6.92 Å². The van der Waals surface area contributed by atoms with Crippen molar-refractivity contribution in [2.75, 3.05) is 19.8 Å². The third-order valence-electron chi connectivity index (χ3n) is 1.79. The van der Waals surface area contributed by atoms with Crippen molar-refractivity contribution in [3.05, 3.63) is 0 Å². The van der Waals surface area contributed by atoms with E-state index in [1.165, 1.54) is 0 Å². The molecule has 0 rings (SSSR count). The lowest BCUT2D eigenvalue weighted by Gasteiger charge is -2.15. The zero-order chi connectivity index (χ0) is 11.7. The topological polar surface area (TPSA) is 95.9 Å². The summed E-state index contributed by atoms with van der Waals surface area (Å²) in [6, 6.07) is -0.0871. The Kier molecular flexibility index (Phi) is 7.57. The van der Waals surface area contributed by atoms with Gasteiger partial charge in [-0.2, -0.15) is 0 Å². The highest BCUT2D eigenvalue weighted by molar-refractivity contribution is 5.78. The first-order chi connectivity index (χ1) is 7.10. The summed E-state index contributed by atoms with van der Waals surface area (Å²) in [6.07, 6.45) is 1.20. The van der Waals surface area contributed by atoms with Crippen LogP contribution in [0.1, 0.15) is 19.8 Å². The first-order valence-electron chi connectivity index (χ1n) is 4.79. The third-order valence-corrected chi connectivity index (χ3v) is 1.79. The number of hydrogen-bond donors (Lipinski definition) is 3. The number of aliphatic carboxylic acids is 1. The van der Waals surface area contributed by atoms with Gasteiger partial charge in [-0.1, -0.05) is 6.92 Å². The fourth-order valence-electron chi connectivity index (χ4n) is 1.03. The molecule has 0 spiro atoms. The standard InChI is InChI=1S/C9H17NO5/c1-2-7(3-4-11)10-8(12)5-15-6-9(13)14/h7,11H,2-6H2,1H3,(H,10,12)(H,13,14). The van der Waals surface area contributed by atoms with E-state index < -0.39 is 12.6 Å². The van der Waals surface area contributed by atoms with Crippen LogP contribution in [0.2, 0.25) is 0 Å². The Morgan fingerprint density at radius 2 is 2.07 bits per heavy atom. The van der Waals surface area contributed by atoms with E-state index in [0.717, 1.165) is 0 Å². The SMILES string of the molecule is CCC(CCO)NC(=O)COCC(=O)O. The number of carboxylic acid groups (broad SMARTS) is 1. The Morgan fingerprint density at radius 1 is 1.40 bits per heavy atom. The molecule has 0 aromatic carbocycles. The van der Waals surface area contributed by atoms with E-state index in [0.29, 0.717) is 12.8 Å². The highest BCUT2D eigenvalue weighted by Gasteiger charge is 2.10. The third kappa shape index (κ3) is 7.90. The predicted molar refractivity (Wildman–Crippen MR) is 52.4 cm³/mol. The van der Waals surface area contributed by atoms with E-state index in [4.69, 9.17) is 10.2 Å². The molecule has 0 fully saturated rings. The number of carbonyl (C=O) groups excluding carboxylic acids is 1. The van der Waals surface area contributed by atoms with Crippen molar-refractivity contribution in [2.45, 2.75) is 25.8 Å². The Labute approximate surface area is 88.2 Å². The number of rotatable bonds is 8. The first-order valence-corrected chi connectivity index (χ1v) is 4.79. The molecule has 0 aromatic heterocycles. The second-order valence-corrected chi connectivity index (χ2v) is 3.07. The molecule has 0 bridgehead atoms. The molecule has 6 heteroatoms. The molecule has 0 saturated carbocycles. The highest BCUT2D eigenvalue weighted by Crippen LogP contribution is 1.95. The number of aliphatic hydroxyl groups is 1. The number of carbonyl (C=O) groups is 2. The molecule has 15 heavy (non-hydrogen) atoms. The average Bonchev–Trinajstić information content (AvgIpc) is 2.16. The van der Waals surface area contributed by atoms with Gasteiger partial charge in [0, 0.05) is 12.6 Å². The van der Waals surface area contributed by atoms with Crippen molar-refractivity contribution in [1.29, 1.82) is 0 Å². The fourth-order valence-corrected chi connectivity index (χ4v) is 1.03. The Bertz CT molecular complexity index is 207. The Morgan fingerprint density at radius 3 is 2.53 bits per heavy atom. The van der Waals surface area contributed by atoms with Crippen LogP contribution in [-0.2, 0) is 14.3 Å². The van der Waals surface area contributed by atoms with Crippen LogP contribution in [0.3, 0.4) is 0 Å². The zero-order valence-corrected chi connectivity index (χ0v) is 8.73. The fraction of sp³-hybridized carbons (Fsp3) is 0.778. The van der Waals surface area contributed by atoms with Gasteiger partial charge in [0.25, 0.3) is 0 Å². The molecule has 0 heterocycles. The van der Waals surface area contributed by atoms with Crippen LogP contribution < -0.4 is 5.32 Å². The summed E-state index contributed by atoms with van der Waals surface area (Å²) in [5.74, 6) is -1.47. The summed E-state index contributed by atoms with van der Waals surface area (Å²) in [7, 11) is 0. The minimum Gasteiger partial charge on any atom is -0.480 e. The molecule has 0 radical (unpaired) electrons. The van der Waals surface area contributed by atoms with Crippen LogP contribution in [0.4, 0.5) is 0 Å². The summed E-state index contributed by atoms with van der Waals surface area (Å²) in [4.78, 5) is 21.2.